The molecule has 4 rings (SSSR count). The monoisotopic (exact) mass is 460 g/mol. The van der Waals surface area contributed by atoms with Gasteiger partial charge in [0.15, 0.2) is 0 Å². The molecule has 152 valence electrons. The van der Waals surface area contributed by atoms with Crippen LogP contribution in [0, 0.1) is 5.92 Å². The van der Waals surface area contributed by atoms with Crippen molar-refractivity contribution in [3.63, 3.8) is 0 Å². The summed E-state index contributed by atoms with van der Waals surface area (Å²) >= 11 is 3.51. The number of nitrogens with zero attached hydrogens (tertiary/aromatic N) is 2. The predicted octanol–water partition coefficient (Wildman–Crippen LogP) is 3.57. The van der Waals surface area contributed by atoms with Gasteiger partial charge >= 0.3 is 12.1 Å². The highest BCUT2D eigenvalue weighted by molar-refractivity contribution is 9.10. The number of aromatic nitrogens is 1. The molecule has 1 N–H and O–H groups in total. The van der Waals surface area contributed by atoms with E-state index in [0.29, 0.717) is 13.0 Å². The first kappa shape index (κ1) is 19.8. The smallest absolute Gasteiger partial charge is 0.410 e. The summed E-state index contributed by atoms with van der Waals surface area (Å²) in [5.41, 5.74) is 0.812. The molecule has 2 bridgehead atoms. The van der Waals surface area contributed by atoms with Gasteiger partial charge in [-0.1, -0.05) is 30.3 Å². The molecule has 7 nitrogen and oxygen atoms in total. The number of hydrogen-bond donors (Lipinski definition) is 1. The number of pyridine rings is 1. The fourth-order valence-corrected chi connectivity index (χ4v) is 5.10. The lowest BCUT2D eigenvalue weighted by Crippen LogP contribution is -2.53. The Balaban J connectivity index is 1.58. The number of amides is 1. The molecule has 2 heterocycles. The van der Waals surface area contributed by atoms with E-state index in [2.05, 4.69) is 20.9 Å². The number of aliphatic carboxylic acids is 1. The Hall–Kier alpha value is -2.45. The van der Waals surface area contributed by atoms with Crippen LogP contribution in [0.25, 0.3) is 0 Å². The number of hydrogen-bond acceptors (Lipinski definition) is 5. The van der Waals surface area contributed by atoms with Gasteiger partial charge in [0, 0.05) is 29.0 Å². The average molecular weight is 461 g/mol. The molecule has 1 saturated carbocycles. The number of piperidine rings is 1. The lowest BCUT2D eigenvalue weighted by molar-refractivity contribution is -0.157. The van der Waals surface area contributed by atoms with E-state index < -0.39 is 24.3 Å². The predicted molar refractivity (Wildman–Crippen MR) is 107 cm³/mol. The molecule has 2 aromatic rings. The molecule has 1 amide bonds. The van der Waals surface area contributed by atoms with E-state index in [9.17, 15) is 14.7 Å². The van der Waals surface area contributed by atoms with Gasteiger partial charge in [-0.05, 0) is 46.3 Å². The van der Waals surface area contributed by atoms with Crippen LogP contribution in [0.3, 0.4) is 0 Å². The van der Waals surface area contributed by atoms with E-state index in [1.807, 2.05) is 36.4 Å². The summed E-state index contributed by atoms with van der Waals surface area (Å²) in [6.45, 7) is 0.333. The largest absolute Gasteiger partial charge is 0.480 e. The maximum absolute atomic E-state index is 12.9. The number of benzene rings is 1. The quantitative estimate of drug-likeness (QED) is 0.708. The Bertz CT molecular complexity index is 909. The Morgan fingerprint density at radius 1 is 1.28 bits per heavy atom. The number of fused-ring (bicyclic) bond motifs is 2. The van der Waals surface area contributed by atoms with Crippen LogP contribution in [0.5, 0.6) is 0 Å². The zero-order valence-electron chi connectivity index (χ0n) is 15.7. The van der Waals surface area contributed by atoms with Crippen LogP contribution in [0.4, 0.5) is 4.79 Å². The Morgan fingerprint density at radius 2 is 2.07 bits per heavy atom. The van der Waals surface area contributed by atoms with Crippen molar-refractivity contribution in [3.8, 4) is 0 Å². The standard InChI is InChI=1S/C21H21BrN2O5/c22-17-10-23-7-6-16(17)21(29-13-19(25)26)9-15-8-18(21)24(11-15)20(27)28-12-14-4-2-1-3-5-14/h1-7,10,15,18H,8-9,11-13H2,(H,25,26). The number of ether oxygens (including phenoxy) is 2. The summed E-state index contributed by atoms with van der Waals surface area (Å²) in [4.78, 5) is 29.9. The summed E-state index contributed by atoms with van der Waals surface area (Å²) < 4.78 is 12.3. The van der Waals surface area contributed by atoms with Gasteiger partial charge < -0.3 is 19.5 Å². The molecule has 29 heavy (non-hydrogen) atoms. The van der Waals surface area contributed by atoms with Crippen LogP contribution in [0.2, 0.25) is 0 Å². The molecule has 3 unspecified atom stereocenters. The van der Waals surface area contributed by atoms with Gasteiger partial charge in [-0.15, -0.1) is 0 Å². The highest BCUT2D eigenvalue weighted by atomic mass is 79.9. The number of carbonyl (C=O) groups excluding carboxylic acids is 1. The number of rotatable bonds is 6. The van der Waals surface area contributed by atoms with Crippen LogP contribution >= 0.6 is 15.9 Å². The van der Waals surface area contributed by atoms with Gasteiger partial charge in [0.1, 0.15) is 18.8 Å². The van der Waals surface area contributed by atoms with E-state index in [-0.39, 0.29) is 18.6 Å². The minimum atomic E-state index is -1.05. The normalized spacial score (nSPS) is 25.2. The van der Waals surface area contributed by atoms with Crippen molar-refractivity contribution in [2.24, 2.45) is 5.92 Å². The minimum absolute atomic E-state index is 0.190. The molecule has 2 fully saturated rings. The molecule has 0 spiro atoms. The molecule has 1 aromatic heterocycles. The molecule has 1 saturated heterocycles. The topological polar surface area (TPSA) is 89.0 Å². The number of likely N-dealkylation sites (tertiary alicyclic amines) is 1. The van der Waals surface area contributed by atoms with E-state index in [0.717, 1.165) is 22.0 Å². The second kappa shape index (κ2) is 8.12. The summed E-state index contributed by atoms with van der Waals surface area (Å²) in [6.07, 6.45) is 4.29. The first-order valence-corrected chi connectivity index (χ1v) is 10.2. The molecule has 2 aliphatic rings. The molecular formula is C21H21BrN2O5. The van der Waals surface area contributed by atoms with Crippen molar-refractivity contribution in [3.05, 3.63) is 64.4 Å². The molecule has 8 heteroatoms. The maximum atomic E-state index is 12.9. The van der Waals surface area contributed by atoms with Crippen molar-refractivity contribution < 1.29 is 24.2 Å². The van der Waals surface area contributed by atoms with E-state index in [1.54, 1.807) is 17.3 Å². The summed E-state index contributed by atoms with van der Waals surface area (Å²) in [5, 5.41) is 9.21. The number of carboxylic acids is 1. The first-order valence-electron chi connectivity index (χ1n) is 9.42. The third kappa shape index (κ3) is 3.86. The Morgan fingerprint density at radius 3 is 2.76 bits per heavy atom. The summed E-state index contributed by atoms with van der Waals surface area (Å²) in [7, 11) is 0. The number of carbonyl (C=O) groups is 2. The van der Waals surface area contributed by atoms with Crippen LogP contribution in [-0.2, 0) is 26.5 Å². The van der Waals surface area contributed by atoms with Crippen LogP contribution in [0.1, 0.15) is 24.0 Å². The molecule has 1 aromatic carbocycles. The van der Waals surface area contributed by atoms with Crippen LogP contribution < -0.4 is 0 Å². The third-order valence-corrected chi connectivity index (χ3v) is 6.27. The van der Waals surface area contributed by atoms with Crippen molar-refractivity contribution in [2.75, 3.05) is 13.2 Å². The zero-order chi connectivity index (χ0) is 20.4. The van der Waals surface area contributed by atoms with Crippen molar-refractivity contribution in [2.45, 2.75) is 31.1 Å². The van der Waals surface area contributed by atoms with Crippen molar-refractivity contribution in [1.82, 2.24) is 9.88 Å². The second-order valence-electron chi connectivity index (χ2n) is 7.44. The van der Waals surface area contributed by atoms with Gasteiger partial charge in [-0.2, -0.15) is 0 Å². The van der Waals surface area contributed by atoms with Gasteiger partial charge in [0.2, 0.25) is 0 Å². The summed E-state index contributed by atoms with van der Waals surface area (Å²) in [5.74, 6) is -0.825. The Labute approximate surface area is 176 Å². The minimum Gasteiger partial charge on any atom is -0.480 e. The number of halogens is 1. The van der Waals surface area contributed by atoms with Crippen LogP contribution in [-0.4, -0.2) is 46.2 Å². The highest BCUT2D eigenvalue weighted by Crippen LogP contribution is 2.53. The van der Waals surface area contributed by atoms with E-state index in [4.69, 9.17) is 9.47 Å². The van der Waals surface area contributed by atoms with Crippen molar-refractivity contribution >= 4 is 28.0 Å². The molecule has 0 radical (unpaired) electrons. The van der Waals surface area contributed by atoms with Gasteiger partial charge in [0.25, 0.3) is 0 Å². The maximum Gasteiger partial charge on any atom is 0.410 e. The Kier molecular flexibility index (Phi) is 5.56. The molecule has 1 aliphatic carbocycles. The third-order valence-electron chi connectivity index (χ3n) is 5.64. The van der Waals surface area contributed by atoms with Gasteiger partial charge in [-0.3, -0.25) is 4.98 Å². The van der Waals surface area contributed by atoms with E-state index in [1.165, 1.54) is 0 Å². The molecule has 1 aliphatic heterocycles. The summed E-state index contributed by atoms with van der Waals surface area (Å²) in [6, 6.07) is 11.0. The lowest BCUT2D eigenvalue weighted by atomic mass is 9.85. The fraction of sp³-hybridized carbons (Fsp3) is 0.381. The zero-order valence-corrected chi connectivity index (χ0v) is 17.2. The molecule has 3 atom stereocenters. The highest BCUT2D eigenvalue weighted by Gasteiger charge is 2.59. The fourth-order valence-electron chi connectivity index (χ4n) is 4.51. The molecular weight excluding hydrogens is 440 g/mol. The first-order chi connectivity index (χ1) is 14.0. The average Bonchev–Trinajstić information content (AvgIpc) is 3.31. The van der Waals surface area contributed by atoms with Gasteiger partial charge in [0.05, 0.1) is 6.04 Å². The number of carboxylic acid groups (broad SMARTS) is 1. The SMILES string of the molecule is O=C(O)COC1(c2ccncc2Br)CC2CC1N(C(=O)OCc1ccccc1)C2. The van der Waals surface area contributed by atoms with Gasteiger partial charge in [-0.25, -0.2) is 9.59 Å². The second-order valence-corrected chi connectivity index (χ2v) is 8.30. The van der Waals surface area contributed by atoms with Crippen LogP contribution in [0.15, 0.2) is 53.3 Å². The lowest BCUT2D eigenvalue weighted by Gasteiger charge is -2.43. The van der Waals surface area contributed by atoms with Crippen molar-refractivity contribution in [1.29, 1.82) is 0 Å². The van der Waals surface area contributed by atoms with E-state index >= 15 is 0 Å².